The molecular weight excluding hydrogens is 514 g/mol. The number of carbonyl (C=O) groups is 1. The van der Waals surface area contributed by atoms with Crippen LogP contribution in [0.2, 0.25) is 0 Å². The molecule has 0 unspecified atom stereocenters. The Bertz CT molecular complexity index is 1280. The highest BCUT2D eigenvalue weighted by Gasteiger charge is 2.36. The average Bonchev–Trinajstić information content (AvgIpc) is 3.38. The first kappa shape index (κ1) is 27.1. The van der Waals surface area contributed by atoms with Gasteiger partial charge in [-0.25, -0.2) is 4.39 Å². The number of anilines is 2. The summed E-state index contributed by atoms with van der Waals surface area (Å²) in [5, 5.41) is 13.3. The maximum atomic E-state index is 13.9. The molecule has 1 aliphatic heterocycles. The zero-order chi connectivity index (χ0) is 27.4. The standard InChI is InChI=1S/C28H31F4N5O2/c29-24-7-3-2-6-22(24)25(38)33-20-12-13-21(23(16-20)28(30,31)32)26-35-36-27(39-26)34-19-10-8-18(9-11-19)17-37-14-4-1-5-15-37/h2-3,6-7,12-13,16,18-19H,1,4-5,8-11,14-15,17H2,(H,33,38)(H,34,36). The van der Waals surface area contributed by atoms with Crippen LogP contribution in [0.5, 0.6) is 0 Å². The minimum atomic E-state index is -4.76. The number of benzene rings is 2. The van der Waals surface area contributed by atoms with E-state index in [1.807, 2.05) is 0 Å². The largest absolute Gasteiger partial charge is 0.417 e. The molecule has 11 heteroatoms. The fourth-order valence-electron chi connectivity index (χ4n) is 5.45. The van der Waals surface area contributed by atoms with E-state index in [0.29, 0.717) is 5.92 Å². The topological polar surface area (TPSA) is 83.3 Å². The molecule has 2 aliphatic rings. The van der Waals surface area contributed by atoms with Crippen LogP contribution in [0.15, 0.2) is 46.9 Å². The second-order valence-electron chi connectivity index (χ2n) is 10.3. The van der Waals surface area contributed by atoms with Gasteiger partial charge in [0, 0.05) is 18.3 Å². The quantitative estimate of drug-likeness (QED) is 0.326. The van der Waals surface area contributed by atoms with Gasteiger partial charge >= 0.3 is 12.2 Å². The average molecular weight is 546 g/mol. The predicted octanol–water partition coefficient (Wildman–Crippen LogP) is 6.60. The normalized spacial score (nSPS) is 20.5. The molecule has 1 aliphatic carbocycles. The Hall–Kier alpha value is -3.47. The monoisotopic (exact) mass is 545 g/mol. The molecule has 0 radical (unpaired) electrons. The third-order valence-electron chi connectivity index (χ3n) is 7.50. The fourth-order valence-corrected chi connectivity index (χ4v) is 5.45. The molecule has 0 spiro atoms. The van der Waals surface area contributed by atoms with Crippen LogP contribution >= 0.6 is 0 Å². The van der Waals surface area contributed by atoms with Crippen LogP contribution in [0.1, 0.15) is 60.9 Å². The third-order valence-corrected chi connectivity index (χ3v) is 7.50. The molecule has 1 saturated heterocycles. The molecule has 1 amide bonds. The van der Waals surface area contributed by atoms with E-state index in [2.05, 4.69) is 25.7 Å². The van der Waals surface area contributed by atoms with Gasteiger partial charge in [0.15, 0.2) is 0 Å². The van der Waals surface area contributed by atoms with Crippen molar-refractivity contribution in [1.82, 2.24) is 15.1 Å². The number of halogens is 4. The molecule has 7 nitrogen and oxygen atoms in total. The lowest BCUT2D eigenvalue weighted by atomic mass is 9.85. The summed E-state index contributed by atoms with van der Waals surface area (Å²) in [7, 11) is 0. The van der Waals surface area contributed by atoms with Gasteiger partial charge in [0.25, 0.3) is 5.91 Å². The molecule has 208 valence electrons. The lowest BCUT2D eigenvalue weighted by molar-refractivity contribution is -0.137. The van der Waals surface area contributed by atoms with Crippen LogP contribution in [0, 0.1) is 11.7 Å². The Morgan fingerprint density at radius 2 is 1.74 bits per heavy atom. The van der Waals surface area contributed by atoms with Crippen molar-refractivity contribution in [2.24, 2.45) is 5.92 Å². The number of amides is 1. The van der Waals surface area contributed by atoms with Crippen LogP contribution in [-0.4, -0.2) is 46.7 Å². The summed E-state index contributed by atoms with van der Waals surface area (Å²) in [6, 6.07) is 8.63. The molecule has 1 saturated carbocycles. The van der Waals surface area contributed by atoms with E-state index >= 15 is 0 Å². The minimum Gasteiger partial charge on any atom is -0.403 e. The van der Waals surface area contributed by atoms with Gasteiger partial charge in [-0.2, -0.15) is 13.2 Å². The van der Waals surface area contributed by atoms with Crippen molar-refractivity contribution in [3.05, 3.63) is 59.4 Å². The summed E-state index contributed by atoms with van der Waals surface area (Å²) in [6.07, 6.45) is 3.12. The number of alkyl halides is 3. The molecule has 2 aromatic carbocycles. The van der Waals surface area contributed by atoms with Crippen LogP contribution in [0.3, 0.4) is 0 Å². The second-order valence-corrected chi connectivity index (χ2v) is 10.3. The third kappa shape index (κ3) is 6.76. The number of piperidine rings is 1. The Morgan fingerprint density at radius 3 is 2.46 bits per heavy atom. The number of hydrogen-bond donors (Lipinski definition) is 2. The van der Waals surface area contributed by atoms with Gasteiger partial charge in [-0.3, -0.25) is 4.79 Å². The summed E-state index contributed by atoms with van der Waals surface area (Å²) >= 11 is 0. The number of aromatic nitrogens is 2. The van der Waals surface area contributed by atoms with Gasteiger partial charge in [0.2, 0.25) is 5.89 Å². The molecule has 2 heterocycles. The van der Waals surface area contributed by atoms with Gasteiger partial charge < -0.3 is 20.0 Å². The van der Waals surface area contributed by atoms with Gasteiger partial charge in [-0.05, 0) is 87.9 Å². The highest BCUT2D eigenvalue weighted by atomic mass is 19.4. The van der Waals surface area contributed by atoms with E-state index in [1.54, 1.807) is 0 Å². The maximum absolute atomic E-state index is 13.9. The zero-order valence-corrected chi connectivity index (χ0v) is 21.4. The molecule has 39 heavy (non-hydrogen) atoms. The fraction of sp³-hybridized carbons (Fsp3) is 0.464. The lowest BCUT2D eigenvalue weighted by Gasteiger charge is -2.34. The number of hydrogen-bond acceptors (Lipinski definition) is 6. The SMILES string of the molecule is O=C(Nc1ccc(-c2nnc(NC3CCC(CN4CCCCC4)CC3)o2)c(C(F)(F)F)c1)c1ccccc1F. The van der Waals surface area contributed by atoms with E-state index in [1.165, 1.54) is 56.6 Å². The van der Waals surface area contributed by atoms with Gasteiger partial charge in [0.05, 0.1) is 16.7 Å². The van der Waals surface area contributed by atoms with Crippen molar-refractivity contribution in [1.29, 1.82) is 0 Å². The summed E-state index contributed by atoms with van der Waals surface area (Å²) in [5.41, 5.74) is -1.78. The molecule has 5 rings (SSSR count). The van der Waals surface area contributed by atoms with Crippen LogP contribution in [0.4, 0.5) is 29.3 Å². The van der Waals surface area contributed by atoms with E-state index in [0.717, 1.165) is 50.4 Å². The molecular formula is C28H31F4N5O2. The summed E-state index contributed by atoms with van der Waals surface area (Å²) in [4.78, 5) is 14.9. The second kappa shape index (κ2) is 11.7. The van der Waals surface area contributed by atoms with Crippen molar-refractivity contribution < 1.29 is 26.8 Å². The maximum Gasteiger partial charge on any atom is 0.417 e. The van der Waals surface area contributed by atoms with E-state index in [-0.39, 0.29) is 34.8 Å². The van der Waals surface area contributed by atoms with Crippen LogP contribution < -0.4 is 10.6 Å². The van der Waals surface area contributed by atoms with E-state index in [9.17, 15) is 22.4 Å². The molecule has 1 aromatic heterocycles. The van der Waals surface area contributed by atoms with Gasteiger partial charge in [-0.15, -0.1) is 5.10 Å². The van der Waals surface area contributed by atoms with Crippen molar-refractivity contribution in [3.63, 3.8) is 0 Å². The van der Waals surface area contributed by atoms with Crippen LogP contribution in [0.25, 0.3) is 11.5 Å². The van der Waals surface area contributed by atoms with Gasteiger partial charge in [-0.1, -0.05) is 23.7 Å². The highest BCUT2D eigenvalue weighted by molar-refractivity contribution is 6.04. The summed E-state index contributed by atoms with van der Waals surface area (Å²) in [5.74, 6) is -1.25. The molecule has 2 N–H and O–H groups in total. The van der Waals surface area contributed by atoms with Crippen molar-refractivity contribution in [3.8, 4) is 11.5 Å². The highest BCUT2D eigenvalue weighted by Crippen LogP contribution is 2.39. The van der Waals surface area contributed by atoms with Crippen molar-refractivity contribution in [2.75, 3.05) is 30.3 Å². The Kier molecular flexibility index (Phi) is 8.15. The molecule has 2 fully saturated rings. The first-order valence-electron chi connectivity index (χ1n) is 13.4. The first-order valence-corrected chi connectivity index (χ1v) is 13.4. The van der Waals surface area contributed by atoms with Crippen LogP contribution in [-0.2, 0) is 6.18 Å². The number of rotatable bonds is 7. The Balaban J connectivity index is 1.23. The molecule has 3 aromatic rings. The lowest BCUT2D eigenvalue weighted by Crippen LogP contribution is -2.37. The zero-order valence-electron chi connectivity index (χ0n) is 21.4. The van der Waals surface area contributed by atoms with Gasteiger partial charge in [0.1, 0.15) is 5.82 Å². The Labute approximate surface area is 224 Å². The predicted molar refractivity (Wildman–Crippen MR) is 139 cm³/mol. The van der Waals surface area contributed by atoms with Crippen molar-refractivity contribution >= 4 is 17.6 Å². The van der Waals surface area contributed by atoms with E-state index < -0.39 is 23.5 Å². The number of carbonyl (C=O) groups excluding carboxylic acids is 1. The van der Waals surface area contributed by atoms with Crippen molar-refractivity contribution in [2.45, 2.75) is 57.2 Å². The van der Waals surface area contributed by atoms with E-state index in [4.69, 9.17) is 4.42 Å². The Morgan fingerprint density at radius 1 is 1.00 bits per heavy atom. The molecule has 0 bridgehead atoms. The summed E-state index contributed by atoms with van der Waals surface area (Å²) in [6.45, 7) is 3.50. The number of nitrogens with zero attached hydrogens (tertiary/aromatic N) is 3. The molecule has 0 atom stereocenters. The first-order chi connectivity index (χ1) is 18.8. The number of likely N-dealkylation sites (tertiary alicyclic amines) is 1. The smallest absolute Gasteiger partial charge is 0.403 e. The number of nitrogens with one attached hydrogen (secondary N) is 2. The summed E-state index contributed by atoms with van der Waals surface area (Å²) < 4.78 is 61.3. The minimum absolute atomic E-state index is 0.0783.